The summed E-state index contributed by atoms with van der Waals surface area (Å²) in [7, 11) is 1.65. The van der Waals surface area contributed by atoms with Gasteiger partial charge in [0.15, 0.2) is 0 Å². The number of β-amino-alcohol motifs (C(OH)–C–C–N with tert-alkyl or cyclic N) is 1. The van der Waals surface area contributed by atoms with Crippen LogP contribution in [0.3, 0.4) is 0 Å². The van der Waals surface area contributed by atoms with Gasteiger partial charge in [0.25, 0.3) is 0 Å². The molecule has 2 aromatic carbocycles. The molecule has 15 heteroatoms. The molecule has 4 amide bonds. The van der Waals surface area contributed by atoms with Crippen molar-refractivity contribution in [2.45, 2.75) is 116 Å². The van der Waals surface area contributed by atoms with Crippen LogP contribution in [0.5, 0.6) is 0 Å². The number of halogens is 2. The molecule has 13 nitrogen and oxygen atoms in total. The number of carbonyl (C=O) groups excluding carboxylic acids is 4. The Morgan fingerprint density at radius 2 is 1.43 bits per heavy atom. The Morgan fingerprint density at radius 3 is 1.98 bits per heavy atom. The minimum atomic E-state index is -0.836. The molecule has 5 rings (SSSR count). The minimum Gasteiger partial charge on any atom is -0.391 e. The lowest BCUT2D eigenvalue weighted by Gasteiger charge is -2.30. The Bertz CT molecular complexity index is 2100. The van der Waals surface area contributed by atoms with Crippen LogP contribution in [0.15, 0.2) is 36.4 Å². The van der Waals surface area contributed by atoms with E-state index in [2.05, 4.69) is 25.9 Å². The molecule has 1 aliphatic heterocycles. The van der Waals surface area contributed by atoms with Gasteiger partial charge in [0, 0.05) is 53.4 Å². The standard InChI is InChI=1S/C43H59F2N7O6/c1-8-28(53)21-51(42(57)34(9-2)50-41(56)24(6)46-7)16-15-32-30-13-11-25(44)17-36(30)47-38(32)39-33(31-14-12-26(45)18-37(31)48-39)20-27-19-29(54)22-52(27)43(58)35(10-3)49-40(55)23(4)5/h11-14,17-18,23-24,27-29,34-35,46-48,53-54H,8-10,15-16,19-22H2,1-7H3,(H,49,55)(H,50,56)/t24-,27-,28?,29?,34-,35-/m0/s1. The molecule has 1 aliphatic rings. The van der Waals surface area contributed by atoms with Crippen molar-refractivity contribution in [3.63, 3.8) is 0 Å². The number of hydrogen-bond acceptors (Lipinski definition) is 7. The van der Waals surface area contributed by atoms with Gasteiger partial charge in [-0.1, -0.05) is 34.6 Å². The Hall–Kier alpha value is -4.86. The third-order valence-corrected chi connectivity index (χ3v) is 11.3. The van der Waals surface area contributed by atoms with Crippen molar-refractivity contribution in [2.75, 3.05) is 26.7 Å². The number of likely N-dealkylation sites (N-methyl/N-ethyl adjacent to an activating group) is 1. The largest absolute Gasteiger partial charge is 0.391 e. The molecule has 0 aliphatic carbocycles. The lowest BCUT2D eigenvalue weighted by atomic mass is 9.96. The number of likely N-dealkylation sites (tertiary alicyclic amines) is 1. The molecule has 0 radical (unpaired) electrons. The third-order valence-electron chi connectivity index (χ3n) is 11.3. The monoisotopic (exact) mass is 807 g/mol. The molecule has 1 saturated heterocycles. The normalized spacial score (nSPS) is 17.8. The van der Waals surface area contributed by atoms with Gasteiger partial charge in [-0.05, 0) is 100 Å². The summed E-state index contributed by atoms with van der Waals surface area (Å²) in [5.74, 6) is -2.47. The van der Waals surface area contributed by atoms with Crippen LogP contribution >= 0.6 is 0 Å². The summed E-state index contributed by atoms with van der Waals surface area (Å²) in [5.41, 5.74) is 3.61. The smallest absolute Gasteiger partial charge is 0.245 e. The fourth-order valence-corrected chi connectivity index (χ4v) is 7.73. The predicted octanol–water partition coefficient (Wildman–Crippen LogP) is 4.29. The van der Waals surface area contributed by atoms with E-state index in [1.807, 2.05) is 13.8 Å². The van der Waals surface area contributed by atoms with Crippen molar-refractivity contribution in [1.29, 1.82) is 0 Å². The molecule has 1 fully saturated rings. The van der Waals surface area contributed by atoms with Crippen molar-refractivity contribution in [3.8, 4) is 11.4 Å². The van der Waals surface area contributed by atoms with Crippen LogP contribution < -0.4 is 16.0 Å². The van der Waals surface area contributed by atoms with Gasteiger partial charge in [-0.3, -0.25) is 19.2 Å². The molecule has 316 valence electrons. The maximum Gasteiger partial charge on any atom is 0.245 e. The van der Waals surface area contributed by atoms with E-state index >= 15 is 0 Å². The Kier molecular flexibility index (Phi) is 14.7. The van der Waals surface area contributed by atoms with Crippen LogP contribution in [0.1, 0.15) is 78.4 Å². The maximum atomic E-state index is 14.8. The number of aliphatic hydroxyl groups excluding tert-OH is 2. The fraction of sp³-hybridized carbons (Fsp3) is 0.535. The first-order chi connectivity index (χ1) is 27.6. The highest BCUT2D eigenvalue weighted by Crippen LogP contribution is 2.38. The highest BCUT2D eigenvalue weighted by atomic mass is 19.1. The summed E-state index contributed by atoms with van der Waals surface area (Å²) in [5, 5.41) is 31.6. The average molecular weight is 808 g/mol. The molecular weight excluding hydrogens is 749 g/mol. The van der Waals surface area contributed by atoms with E-state index in [9.17, 15) is 38.2 Å². The van der Waals surface area contributed by atoms with Crippen molar-refractivity contribution < 1.29 is 38.2 Å². The third kappa shape index (κ3) is 9.87. The molecule has 4 aromatic rings. The van der Waals surface area contributed by atoms with Crippen LogP contribution in [0.25, 0.3) is 33.2 Å². The van der Waals surface area contributed by atoms with Crippen LogP contribution in [0.4, 0.5) is 8.78 Å². The van der Waals surface area contributed by atoms with Crippen molar-refractivity contribution in [3.05, 3.63) is 59.2 Å². The molecule has 3 heterocycles. The number of aliphatic hydroxyl groups is 2. The summed E-state index contributed by atoms with van der Waals surface area (Å²) < 4.78 is 29.5. The number of aromatic nitrogens is 2. The fourth-order valence-electron chi connectivity index (χ4n) is 7.73. The molecule has 0 saturated carbocycles. The molecule has 2 aromatic heterocycles. The van der Waals surface area contributed by atoms with Gasteiger partial charge in [-0.2, -0.15) is 0 Å². The van der Waals surface area contributed by atoms with Crippen LogP contribution in [0, 0.1) is 17.6 Å². The summed E-state index contributed by atoms with van der Waals surface area (Å²) in [4.78, 5) is 63.4. The Balaban J connectivity index is 1.57. The number of benzene rings is 2. The van der Waals surface area contributed by atoms with E-state index in [0.717, 1.165) is 11.1 Å². The Morgan fingerprint density at radius 1 is 0.862 bits per heavy atom. The quantitative estimate of drug-likeness (QED) is 0.0783. The van der Waals surface area contributed by atoms with Gasteiger partial charge >= 0.3 is 0 Å². The van der Waals surface area contributed by atoms with E-state index < -0.39 is 48.0 Å². The van der Waals surface area contributed by atoms with Gasteiger partial charge in [0.2, 0.25) is 23.6 Å². The lowest BCUT2D eigenvalue weighted by Crippen LogP contribution is -2.53. The predicted molar refractivity (Wildman–Crippen MR) is 220 cm³/mol. The minimum absolute atomic E-state index is 0.0246. The van der Waals surface area contributed by atoms with Crippen LogP contribution in [0.2, 0.25) is 0 Å². The number of nitrogens with one attached hydrogen (secondary N) is 5. The summed E-state index contributed by atoms with van der Waals surface area (Å²) >= 11 is 0. The van der Waals surface area contributed by atoms with E-state index in [-0.39, 0.29) is 68.4 Å². The molecule has 0 bridgehead atoms. The van der Waals surface area contributed by atoms with E-state index in [1.165, 1.54) is 24.3 Å². The molecule has 0 spiro atoms. The topological polar surface area (TPSA) is 183 Å². The van der Waals surface area contributed by atoms with E-state index in [4.69, 9.17) is 0 Å². The van der Waals surface area contributed by atoms with E-state index in [1.54, 1.807) is 56.7 Å². The second kappa shape index (κ2) is 19.3. The SMILES string of the molecule is CCC(O)CN(CCc1c(-c2[nH]c3cc(F)ccc3c2C[C@@H]2CC(O)CN2C(=O)[C@H](CC)NC(=O)C(C)C)[nH]c2cc(F)ccc12)C(=O)[C@H](CC)NC(=O)[C@H](C)NC. The number of hydrogen-bond donors (Lipinski definition) is 7. The van der Waals surface area contributed by atoms with Crippen LogP contribution in [-0.4, -0.2) is 117 Å². The van der Waals surface area contributed by atoms with Gasteiger partial charge in [-0.15, -0.1) is 0 Å². The highest BCUT2D eigenvalue weighted by Gasteiger charge is 2.39. The number of amides is 4. The molecule has 58 heavy (non-hydrogen) atoms. The number of fused-ring (bicyclic) bond motifs is 2. The molecular formula is C43H59F2N7O6. The summed E-state index contributed by atoms with van der Waals surface area (Å²) in [6.45, 7) is 10.9. The zero-order chi connectivity index (χ0) is 42.4. The maximum absolute atomic E-state index is 14.8. The first-order valence-corrected chi connectivity index (χ1v) is 20.4. The number of H-pyrrole nitrogens is 2. The number of carbonyl (C=O) groups is 4. The van der Waals surface area contributed by atoms with E-state index in [0.29, 0.717) is 52.5 Å². The number of aromatic amines is 2. The zero-order valence-corrected chi connectivity index (χ0v) is 34.5. The van der Waals surface area contributed by atoms with Gasteiger partial charge in [0.1, 0.15) is 23.7 Å². The van der Waals surface area contributed by atoms with Crippen molar-refractivity contribution in [2.24, 2.45) is 5.92 Å². The van der Waals surface area contributed by atoms with Gasteiger partial charge in [-0.25, -0.2) is 8.78 Å². The first kappa shape index (κ1) is 44.2. The van der Waals surface area contributed by atoms with Crippen molar-refractivity contribution >= 4 is 45.4 Å². The molecule has 2 unspecified atom stereocenters. The lowest BCUT2D eigenvalue weighted by molar-refractivity contribution is -0.138. The average Bonchev–Trinajstić information content (AvgIpc) is 3.87. The summed E-state index contributed by atoms with van der Waals surface area (Å²) in [6, 6.07) is 6.18. The van der Waals surface area contributed by atoms with Gasteiger partial charge < -0.3 is 45.9 Å². The number of nitrogens with zero attached hydrogens (tertiary/aromatic N) is 2. The second-order valence-electron chi connectivity index (χ2n) is 15.8. The Labute approximate surface area is 338 Å². The zero-order valence-electron chi connectivity index (χ0n) is 34.5. The van der Waals surface area contributed by atoms with Gasteiger partial charge in [0.05, 0.1) is 29.6 Å². The molecule has 6 atom stereocenters. The first-order valence-electron chi connectivity index (χ1n) is 20.4. The number of rotatable bonds is 18. The van der Waals surface area contributed by atoms with Crippen LogP contribution in [-0.2, 0) is 32.0 Å². The highest BCUT2D eigenvalue weighted by molar-refractivity contribution is 5.96. The second-order valence-corrected chi connectivity index (χ2v) is 15.8. The molecule has 7 N–H and O–H groups in total. The summed E-state index contributed by atoms with van der Waals surface area (Å²) in [6.07, 6.45) is 0.251. The van der Waals surface area contributed by atoms with Crippen molar-refractivity contribution in [1.82, 2.24) is 35.7 Å².